The Kier molecular flexibility index (Phi) is 4.20. The highest BCUT2D eigenvalue weighted by Gasteiger charge is 2.19. The van der Waals surface area contributed by atoms with Crippen molar-refractivity contribution in [1.82, 2.24) is 10.2 Å². The predicted molar refractivity (Wildman–Crippen MR) is 86.6 cm³/mol. The summed E-state index contributed by atoms with van der Waals surface area (Å²) in [6.45, 7) is 1.86. The molecule has 1 aromatic carbocycles. The van der Waals surface area contributed by atoms with Crippen molar-refractivity contribution < 1.29 is 9.47 Å². The van der Waals surface area contributed by atoms with E-state index < -0.39 is 0 Å². The van der Waals surface area contributed by atoms with E-state index in [1.54, 1.807) is 14.2 Å². The van der Waals surface area contributed by atoms with Gasteiger partial charge in [-0.1, -0.05) is 0 Å². The topological polar surface area (TPSA) is 76.4 Å². The third-order valence-corrected chi connectivity index (χ3v) is 4.04. The highest BCUT2D eigenvalue weighted by Crippen LogP contribution is 2.32. The van der Waals surface area contributed by atoms with Gasteiger partial charge in [-0.2, -0.15) is 5.10 Å². The Bertz CT molecular complexity index is 641. The standard InChI is InChI=1S/C16H22N4O2/c1-21-14-6-5-11(8-15(14)22-2)13-9-16(19-18-13)20-7-3-4-12(17)10-20/h5-6,8-9,12H,3-4,7,10,17H2,1-2H3,(H,18,19). The quantitative estimate of drug-likeness (QED) is 0.903. The van der Waals surface area contributed by atoms with Crippen molar-refractivity contribution in [3.8, 4) is 22.8 Å². The third kappa shape index (κ3) is 2.87. The average molecular weight is 302 g/mol. The number of hydrogen-bond acceptors (Lipinski definition) is 5. The minimum absolute atomic E-state index is 0.231. The first-order chi connectivity index (χ1) is 10.7. The lowest BCUT2D eigenvalue weighted by atomic mass is 10.1. The molecule has 0 spiro atoms. The average Bonchev–Trinajstić information content (AvgIpc) is 3.04. The molecule has 1 atom stereocenters. The Balaban J connectivity index is 1.84. The Labute approximate surface area is 130 Å². The van der Waals surface area contributed by atoms with Crippen LogP contribution in [0.25, 0.3) is 11.3 Å². The number of nitrogens with zero attached hydrogens (tertiary/aromatic N) is 2. The summed E-state index contributed by atoms with van der Waals surface area (Å²) in [6, 6.07) is 8.11. The number of aromatic amines is 1. The molecule has 1 saturated heterocycles. The molecule has 1 fully saturated rings. The summed E-state index contributed by atoms with van der Waals surface area (Å²) in [4.78, 5) is 2.23. The van der Waals surface area contributed by atoms with Crippen molar-refractivity contribution in [2.45, 2.75) is 18.9 Å². The zero-order valence-corrected chi connectivity index (χ0v) is 13.0. The third-order valence-electron chi connectivity index (χ3n) is 4.04. The molecule has 2 aromatic rings. The van der Waals surface area contributed by atoms with E-state index in [1.807, 2.05) is 18.2 Å². The first-order valence-corrected chi connectivity index (χ1v) is 7.49. The van der Waals surface area contributed by atoms with Crippen molar-refractivity contribution in [3.63, 3.8) is 0 Å². The molecule has 0 bridgehead atoms. The molecule has 6 nitrogen and oxygen atoms in total. The van der Waals surface area contributed by atoms with Crippen molar-refractivity contribution in [2.24, 2.45) is 5.73 Å². The van der Waals surface area contributed by atoms with Gasteiger partial charge in [-0.3, -0.25) is 5.10 Å². The van der Waals surface area contributed by atoms with Crippen LogP contribution in [0.4, 0.5) is 5.82 Å². The molecule has 0 amide bonds. The second kappa shape index (κ2) is 6.27. The number of nitrogens with one attached hydrogen (secondary N) is 1. The maximum absolute atomic E-state index is 6.04. The van der Waals surface area contributed by atoms with E-state index in [-0.39, 0.29) is 6.04 Å². The summed E-state index contributed by atoms with van der Waals surface area (Å²) in [7, 11) is 3.26. The van der Waals surface area contributed by atoms with Gasteiger partial charge >= 0.3 is 0 Å². The van der Waals surface area contributed by atoms with Gasteiger partial charge in [0.25, 0.3) is 0 Å². The Hall–Kier alpha value is -2.21. The Morgan fingerprint density at radius 2 is 2.05 bits per heavy atom. The van der Waals surface area contributed by atoms with Gasteiger partial charge in [0.1, 0.15) is 0 Å². The number of aromatic nitrogens is 2. The van der Waals surface area contributed by atoms with Gasteiger partial charge in [0.15, 0.2) is 17.3 Å². The zero-order chi connectivity index (χ0) is 15.5. The van der Waals surface area contributed by atoms with Gasteiger partial charge < -0.3 is 20.1 Å². The van der Waals surface area contributed by atoms with Gasteiger partial charge in [-0.05, 0) is 31.0 Å². The number of benzene rings is 1. The molecule has 1 unspecified atom stereocenters. The highest BCUT2D eigenvalue weighted by atomic mass is 16.5. The molecule has 1 aromatic heterocycles. The number of hydrogen-bond donors (Lipinski definition) is 2. The molecule has 0 saturated carbocycles. The smallest absolute Gasteiger partial charge is 0.161 e. The van der Waals surface area contributed by atoms with Crippen LogP contribution in [0.1, 0.15) is 12.8 Å². The molecular weight excluding hydrogens is 280 g/mol. The second-order valence-corrected chi connectivity index (χ2v) is 5.56. The van der Waals surface area contributed by atoms with E-state index in [9.17, 15) is 0 Å². The fraction of sp³-hybridized carbons (Fsp3) is 0.438. The van der Waals surface area contributed by atoms with E-state index >= 15 is 0 Å². The highest BCUT2D eigenvalue weighted by molar-refractivity contribution is 5.66. The van der Waals surface area contributed by atoms with Crippen LogP contribution in [-0.2, 0) is 0 Å². The normalized spacial score (nSPS) is 18.3. The number of nitrogens with two attached hydrogens (primary N) is 1. The monoisotopic (exact) mass is 302 g/mol. The van der Waals surface area contributed by atoms with Gasteiger partial charge in [-0.15, -0.1) is 0 Å². The number of piperidine rings is 1. The summed E-state index contributed by atoms with van der Waals surface area (Å²) < 4.78 is 10.6. The zero-order valence-electron chi connectivity index (χ0n) is 13.0. The minimum Gasteiger partial charge on any atom is -0.493 e. The maximum Gasteiger partial charge on any atom is 0.161 e. The van der Waals surface area contributed by atoms with Crippen LogP contribution in [0.3, 0.4) is 0 Å². The molecule has 0 aliphatic carbocycles. The molecule has 0 radical (unpaired) electrons. The molecule has 2 heterocycles. The van der Waals surface area contributed by atoms with Crippen molar-refractivity contribution in [2.75, 3.05) is 32.2 Å². The Morgan fingerprint density at radius 3 is 2.77 bits per heavy atom. The fourth-order valence-corrected chi connectivity index (χ4v) is 2.84. The van der Waals surface area contributed by atoms with E-state index in [0.717, 1.165) is 43.0 Å². The van der Waals surface area contributed by atoms with E-state index in [4.69, 9.17) is 15.2 Å². The maximum atomic E-state index is 6.04. The van der Waals surface area contributed by atoms with Gasteiger partial charge in [0.2, 0.25) is 0 Å². The minimum atomic E-state index is 0.231. The molecule has 3 rings (SSSR count). The van der Waals surface area contributed by atoms with Crippen molar-refractivity contribution in [3.05, 3.63) is 24.3 Å². The van der Waals surface area contributed by atoms with Crippen LogP contribution in [0, 0.1) is 0 Å². The van der Waals surface area contributed by atoms with Crippen LogP contribution in [0.15, 0.2) is 24.3 Å². The van der Waals surface area contributed by atoms with Gasteiger partial charge in [0, 0.05) is 30.8 Å². The lowest BCUT2D eigenvalue weighted by Gasteiger charge is -2.30. The van der Waals surface area contributed by atoms with E-state index in [1.165, 1.54) is 0 Å². The lowest BCUT2D eigenvalue weighted by Crippen LogP contribution is -2.43. The molecular formula is C16H22N4O2. The van der Waals surface area contributed by atoms with Crippen LogP contribution in [0.2, 0.25) is 0 Å². The SMILES string of the molecule is COc1ccc(-c2cc(N3CCCC(N)C3)n[nH]2)cc1OC. The largest absolute Gasteiger partial charge is 0.493 e. The molecule has 6 heteroatoms. The van der Waals surface area contributed by atoms with Crippen LogP contribution < -0.4 is 20.1 Å². The van der Waals surface area contributed by atoms with Crippen LogP contribution >= 0.6 is 0 Å². The number of rotatable bonds is 4. The summed E-state index contributed by atoms with van der Waals surface area (Å²) in [5, 5.41) is 7.52. The second-order valence-electron chi connectivity index (χ2n) is 5.56. The van der Waals surface area contributed by atoms with Crippen molar-refractivity contribution in [1.29, 1.82) is 0 Å². The summed E-state index contributed by atoms with van der Waals surface area (Å²) in [5.74, 6) is 2.36. The molecule has 1 aliphatic rings. The first-order valence-electron chi connectivity index (χ1n) is 7.49. The predicted octanol–water partition coefficient (Wildman–Crippen LogP) is 2.02. The van der Waals surface area contributed by atoms with E-state index in [0.29, 0.717) is 11.5 Å². The van der Waals surface area contributed by atoms with Gasteiger partial charge in [0.05, 0.1) is 19.9 Å². The van der Waals surface area contributed by atoms with Gasteiger partial charge in [-0.25, -0.2) is 0 Å². The molecule has 1 aliphatic heterocycles. The molecule has 3 N–H and O–H groups in total. The number of H-pyrrole nitrogens is 1. The fourth-order valence-electron chi connectivity index (χ4n) is 2.84. The van der Waals surface area contributed by atoms with Crippen LogP contribution in [-0.4, -0.2) is 43.5 Å². The van der Waals surface area contributed by atoms with Crippen molar-refractivity contribution >= 4 is 5.82 Å². The van der Waals surface area contributed by atoms with Crippen LogP contribution in [0.5, 0.6) is 11.5 Å². The number of anilines is 1. The molecule has 118 valence electrons. The summed E-state index contributed by atoms with van der Waals surface area (Å²) >= 11 is 0. The summed E-state index contributed by atoms with van der Waals surface area (Å²) in [6.07, 6.45) is 2.20. The number of methoxy groups -OCH3 is 2. The lowest BCUT2D eigenvalue weighted by molar-refractivity contribution is 0.355. The Morgan fingerprint density at radius 1 is 1.23 bits per heavy atom. The number of ether oxygens (including phenoxy) is 2. The summed E-state index contributed by atoms with van der Waals surface area (Å²) in [5.41, 5.74) is 8.01. The first kappa shape index (κ1) is 14.7. The molecule has 22 heavy (non-hydrogen) atoms. The van der Waals surface area contributed by atoms with E-state index in [2.05, 4.69) is 21.2 Å².